The minimum atomic E-state index is -0.401. The van der Waals surface area contributed by atoms with Gasteiger partial charge >= 0.3 is 0 Å². The Hall–Kier alpha value is -2.76. The van der Waals surface area contributed by atoms with Crippen LogP contribution in [0.1, 0.15) is 5.89 Å². The molecule has 5 nitrogen and oxygen atoms in total. The first-order valence-corrected chi connectivity index (χ1v) is 5.95. The van der Waals surface area contributed by atoms with Gasteiger partial charge in [0.1, 0.15) is 5.82 Å². The number of hydrogen-bond acceptors (Lipinski definition) is 5. The maximum Gasteiger partial charge on any atom is 0.223 e. The molecule has 20 heavy (non-hydrogen) atoms. The first kappa shape index (κ1) is 12.3. The summed E-state index contributed by atoms with van der Waals surface area (Å²) in [5, 5.41) is 3.76. The van der Waals surface area contributed by atoms with Crippen molar-refractivity contribution in [2.45, 2.75) is 6.92 Å². The van der Waals surface area contributed by atoms with Gasteiger partial charge in [0.25, 0.3) is 0 Å². The lowest BCUT2D eigenvalue weighted by molar-refractivity contribution is 0.394. The van der Waals surface area contributed by atoms with Gasteiger partial charge in [-0.25, -0.2) is 4.39 Å². The van der Waals surface area contributed by atoms with E-state index in [9.17, 15) is 4.39 Å². The number of aromatic nitrogens is 3. The average molecular weight is 270 g/mol. The van der Waals surface area contributed by atoms with Crippen molar-refractivity contribution in [2.24, 2.45) is 0 Å². The number of halogens is 1. The lowest BCUT2D eigenvalue weighted by Gasteiger charge is -2.04. The summed E-state index contributed by atoms with van der Waals surface area (Å²) in [6, 6.07) is 8.07. The lowest BCUT2D eigenvalue weighted by Crippen LogP contribution is -1.92. The Balaban J connectivity index is 2.01. The molecule has 6 heteroatoms. The average Bonchev–Trinajstić information content (AvgIpc) is 2.87. The van der Waals surface area contributed by atoms with Crippen LogP contribution in [0.15, 0.2) is 41.1 Å². The molecule has 0 saturated carbocycles. The lowest BCUT2D eigenvalue weighted by atomic mass is 10.1. The van der Waals surface area contributed by atoms with Crippen molar-refractivity contribution in [2.75, 3.05) is 5.73 Å². The van der Waals surface area contributed by atoms with E-state index < -0.39 is 5.82 Å². The monoisotopic (exact) mass is 270 g/mol. The summed E-state index contributed by atoms with van der Waals surface area (Å²) in [6.07, 6.45) is 1.49. The molecule has 1 aromatic carbocycles. The van der Waals surface area contributed by atoms with Crippen LogP contribution in [0.3, 0.4) is 0 Å². The predicted octanol–water partition coefficient (Wildman–Crippen LogP) is 2.83. The van der Waals surface area contributed by atoms with Crippen molar-refractivity contribution >= 4 is 5.69 Å². The number of nitrogen functional groups attached to an aromatic ring is 1. The van der Waals surface area contributed by atoms with Crippen molar-refractivity contribution < 1.29 is 8.91 Å². The van der Waals surface area contributed by atoms with Gasteiger partial charge in [-0.1, -0.05) is 11.2 Å². The number of nitrogens with two attached hydrogens (primary N) is 1. The highest BCUT2D eigenvalue weighted by Crippen LogP contribution is 2.25. The molecule has 2 heterocycles. The van der Waals surface area contributed by atoms with Crippen LogP contribution in [0, 0.1) is 12.7 Å². The second-order valence-electron chi connectivity index (χ2n) is 4.31. The Labute approximate surface area is 114 Å². The highest BCUT2D eigenvalue weighted by Gasteiger charge is 2.11. The third-order valence-electron chi connectivity index (χ3n) is 2.82. The van der Waals surface area contributed by atoms with Crippen LogP contribution in [0.5, 0.6) is 0 Å². The highest BCUT2D eigenvalue weighted by atomic mass is 19.1. The molecule has 0 aliphatic heterocycles. The van der Waals surface area contributed by atoms with Gasteiger partial charge in [0.05, 0.1) is 17.6 Å². The second-order valence-corrected chi connectivity index (χ2v) is 4.31. The van der Waals surface area contributed by atoms with Crippen molar-refractivity contribution in [3.63, 3.8) is 0 Å². The molecule has 3 rings (SSSR count). The molecule has 100 valence electrons. The van der Waals surface area contributed by atoms with E-state index in [4.69, 9.17) is 10.3 Å². The summed E-state index contributed by atoms with van der Waals surface area (Å²) in [7, 11) is 0. The minimum Gasteiger partial charge on any atom is -0.397 e. The Morgan fingerprint density at radius 2 is 2.05 bits per heavy atom. The normalized spacial score (nSPS) is 10.7. The van der Waals surface area contributed by atoms with Gasteiger partial charge in [0.15, 0.2) is 0 Å². The van der Waals surface area contributed by atoms with Gasteiger partial charge in [-0.15, -0.1) is 0 Å². The zero-order valence-electron chi connectivity index (χ0n) is 10.7. The third-order valence-corrected chi connectivity index (χ3v) is 2.82. The molecule has 0 spiro atoms. The SMILES string of the molecule is Cc1nc(-c2ccc(-c3ccc(N)cn3)c(F)c2)no1. The topological polar surface area (TPSA) is 77.8 Å². The Bertz CT molecular complexity index is 752. The summed E-state index contributed by atoms with van der Waals surface area (Å²) in [5.41, 5.74) is 7.57. The number of hydrogen-bond donors (Lipinski definition) is 1. The molecule has 0 bridgehead atoms. The fraction of sp³-hybridized carbons (Fsp3) is 0.0714. The zero-order valence-corrected chi connectivity index (χ0v) is 10.7. The molecule has 3 aromatic rings. The van der Waals surface area contributed by atoms with E-state index in [1.165, 1.54) is 12.3 Å². The molecular formula is C14H11FN4O. The van der Waals surface area contributed by atoms with Gasteiger partial charge < -0.3 is 10.3 Å². The maximum atomic E-state index is 14.2. The molecule has 0 atom stereocenters. The van der Waals surface area contributed by atoms with Gasteiger partial charge in [-0.3, -0.25) is 4.98 Å². The number of aryl methyl sites for hydroxylation is 1. The van der Waals surface area contributed by atoms with E-state index >= 15 is 0 Å². The molecule has 0 aliphatic carbocycles. The largest absolute Gasteiger partial charge is 0.397 e. The fourth-order valence-corrected chi connectivity index (χ4v) is 1.84. The highest BCUT2D eigenvalue weighted by molar-refractivity contribution is 5.66. The number of pyridine rings is 1. The van der Waals surface area contributed by atoms with Crippen molar-refractivity contribution in [1.82, 2.24) is 15.1 Å². The molecular weight excluding hydrogens is 259 g/mol. The van der Waals surface area contributed by atoms with Crippen LogP contribution in [0.2, 0.25) is 0 Å². The zero-order chi connectivity index (χ0) is 14.1. The van der Waals surface area contributed by atoms with Crippen LogP contribution in [-0.4, -0.2) is 15.1 Å². The van der Waals surface area contributed by atoms with E-state index in [1.54, 1.807) is 31.2 Å². The fourth-order valence-electron chi connectivity index (χ4n) is 1.84. The van der Waals surface area contributed by atoms with E-state index in [0.29, 0.717) is 34.2 Å². The molecule has 0 aliphatic rings. The van der Waals surface area contributed by atoms with Crippen molar-refractivity contribution in [3.05, 3.63) is 48.2 Å². The van der Waals surface area contributed by atoms with Crippen LogP contribution < -0.4 is 5.73 Å². The summed E-state index contributed by atoms with van der Waals surface area (Å²) < 4.78 is 19.0. The molecule has 2 aromatic heterocycles. The van der Waals surface area contributed by atoms with Gasteiger partial charge in [-0.2, -0.15) is 4.98 Å². The van der Waals surface area contributed by atoms with Crippen molar-refractivity contribution in [3.8, 4) is 22.6 Å². The van der Waals surface area contributed by atoms with Crippen molar-refractivity contribution in [1.29, 1.82) is 0 Å². The summed E-state index contributed by atoms with van der Waals surface area (Å²) in [5.74, 6) is 0.394. The Morgan fingerprint density at radius 3 is 2.65 bits per heavy atom. The molecule has 0 amide bonds. The molecule has 0 saturated heterocycles. The number of anilines is 1. The smallest absolute Gasteiger partial charge is 0.223 e. The van der Waals surface area contributed by atoms with Crippen LogP contribution in [-0.2, 0) is 0 Å². The number of nitrogens with zero attached hydrogens (tertiary/aromatic N) is 3. The summed E-state index contributed by atoms with van der Waals surface area (Å²) in [6.45, 7) is 1.68. The Kier molecular flexibility index (Phi) is 2.90. The molecule has 0 fully saturated rings. The van der Waals surface area contributed by atoms with Gasteiger partial charge in [0.2, 0.25) is 11.7 Å². The molecule has 2 N–H and O–H groups in total. The number of benzene rings is 1. The molecule has 0 unspecified atom stereocenters. The quantitative estimate of drug-likeness (QED) is 0.774. The summed E-state index contributed by atoms with van der Waals surface area (Å²) in [4.78, 5) is 8.16. The van der Waals surface area contributed by atoms with Crippen LogP contribution >= 0.6 is 0 Å². The van der Waals surface area contributed by atoms with Gasteiger partial charge in [-0.05, 0) is 24.3 Å². The Morgan fingerprint density at radius 1 is 1.20 bits per heavy atom. The predicted molar refractivity (Wildman–Crippen MR) is 72.1 cm³/mol. The third kappa shape index (κ3) is 2.23. The first-order valence-electron chi connectivity index (χ1n) is 5.95. The minimum absolute atomic E-state index is 0.359. The van der Waals surface area contributed by atoms with Gasteiger partial charge in [0, 0.05) is 18.1 Å². The van der Waals surface area contributed by atoms with E-state index in [0.717, 1.165) is 0 Å². The van der Waals surface area contributed by atoms with Crippen LogP contribution in [0.25, 0.3) is 22.6 Å². The molecule has 0 radical (unpaired) electrons. The van der Waals surface area contributed by atoms with Crippen LogP contribution in [0.4, 0.5) is 10.1 Å². The standard InChI is InChI=1S/C14H11FN4O/c1-8-18-14(19-20-8)9-2-4-11(12(15)6-9)13-5-3-10(16)7-17-13/h2-7H,16H2,1H3. The van der Waals surface area contributed by atoms with E-state index in [-0.39, 0.29) is 0 Å². The van der Waals surface area contributed by atoms with E-state index in [1.807, 2.05) is 0 Å². The first-order chi connectivity index (χ1) is 9.63. The second kappa shape index (κ2) is 4.73. The van der Waals surface area contributed by atoms with E-state index in [2.05, 4.69) is 15.1 Å². The summed E-state index contributed by atoms with van der Waals surface area (Å²) >= 11 is 0. The maximum absolute atomic E-state index is 14.2. The number of rotatable bonds is 2.